The molecule has 5 nitrogen and oxygen atoms in total. The zero-order valence-corrected chi connectivity index (χ0v) is 9.85. The van der Waals surface area contributed by atoms with Crippen LogP contribution in [0.2, 0.25) is 0 Å². The number of hydrogen-bond acceptors (Lipinski definition) is 5. The summed E-state index contributed by atoms with van der Waals surface area (Å²) < 4.78 is 0. The van der Waals surface area contributed by atoms with Crippen LogP contribution in [0.5, 0.6) is 0 Å². The van der Waals surface area contributed by atoms with E-state index in [4.69, 9.17) is 0 Å². The van der Waals surface area contributed by atoms with Crippen molar-refractivity contribution < 1.29 is 0 Å². The Morgan fingerprint density at radius 2 is 1.78 bits per heavy atom. The van der Waals surface area contributed by atoms with Crippen LogP contribution in [0, 0.1) is 0 Å². The number of fused-ring (bicyclic) bond motifs is 1. The minimum absolute atomic E-state index is 0.628. The van der Waals surface area contributed by atoms with Crippen LogP contribution in [-0.2, 0) is 0 Å². The highest BCUT2D eigenvalue weighted by molar-refractivity contribution is 5.73. The Kier molecular flexibility index (Phi) is 2.57. The van der Waals surface area contributed by atoms with Crippen molar-refractivity contribution >= 4 is 22.7 Å². The van der Waals surface area contributed by atoms with E-state index in [0.717, 1.165) is 16.7 Å². The number of anilines is 2. The Hall–Kier alpha value is -2.56. The fourth-order valence-electron chi connectivity index (χ4n) is 1.70. The first-order chi connectivity index (χ1) is 8.84. The van der Waals surface area contributed by atoms with E-state index in [1.165, 1.54) is 6.33 Å². The molecule has 2 heterocycles. The van der Waals surface area contributed by atoms with E-state index < -0.39 is 0 Å². The van der Waals surface area contributed by atoms with Gasteiger partial charge in [-0.25, -0.2) is 19.9 Å². The Labute approximate surface area is 104 Å². The summed E-state index contributed by atoms with van der Waals surface area (Å²) in [5, 5.41) is 0. The van der Waals surface area contributed by atoms with Crippen LogP contribution in [0.3, 0.4) is 0 Å². The minimum atomic E-state index is 0.628. The van der Waals surface area contributed by atoms with E-state index in [1.54, 1.807) is 12.4 Å². The van der Waals surface area contributed by atoms with Crippen LogP contribution in [0.25, 0.3) is 11.0 Å². The molecule has 0 aliphatic rings. The zero-order valence-electron chi connectivity index (χ0n) is 9.85. The van der Waals surface area contributed by atoms with Crippen molar-refractivity contribution in [3.63, 3.8) is 0 Å². The fraction of sp³-hybridized carbons (Fsp3) is 0.0769. The summed E-state index contributed by atoms with van der Waals surface area (Å²) in [5.41, 5.74) is 2.52. The molecule has 1 aromatic carbocycles. The van der Waals surface area contributed by atoms with E-state index in [-0.39, 0.29) is 0 Å². The molecule has 88 valence electrons. The van der Waals surface area contributed by atoms with Crippen molar-refractivity contribution in [1.82, 2.24) is 19.9 Å². The van der Waals surface area contributed by atoms with Crippen molar-refractivity contribution in [3.05, 3.63) is 49.1 Å². The summed E-state index contributed by atoms with van der Waals surface area (Å²) >= 11 is 0. The van der Waals surface area contributed by atoms with Gasteiger partial charge in [-0.15, -0.1) is 0 Å². The molecule has 0 saturated heterocycles. The van der Waals surface area contributed by atoms with Crippen LogP contribution in [-0.4, -0.2) is 27.0 Å². The molecule has 0 N–H and O–H groups in total. The van der Waals surface area contributed by atoms with Crippen LogP contribution in [0.1, 0.15) is 0 Å². The molecule has 0 atom stereocenters. The van der Waals surface area contributed by atoms with Gasteiger partial charge in [0.25, 0.3) is 0 Å². The second kappa shape index (κ2) is 4.37. The highest BCUT2D eigenvalue weighted by Gasteiger charge is 2.07. The maximum atomic E-state index is 4.44. The molecule has 2 aromatic heterocycles. The molecule has 0 saturated carbocycles. The molecule has 0 bridgehead atoms. The quantitative estimate of drug-likeness (QED) is 0.683. The first-order valence-corrected chi connectivity index (χ1v) is 5.56. The van der Waals surface area contributed by atoms with Crippen molar-refractivity contribution in [2.75, 3.05) is 11.9 Å². The molecule has 0 aliphatic carbocycles. The predicted octanol–water partition coefficient (Wildman–Crippen LogP) is 2.19. The Morgan fingerprint density at radius 1 is 0.944 bits per heavy atom. The monoisotopic (exact) mass is 237 g/mol. The molecule has 18 heavy (non-hydrogen) atoms. The molecule has 0 aliphatic heterocycles. The molecule has 0 amide bonds. The molecule has 0 spiro atoms. The molecule has 5 heteroatoms. The summed E-state index contributed by atoms with van der Waals surface area (Å²) in [4.78, 5) is 18.7. The van der Waals surface area contributed by atoms with Gasteiger partial charge in [-0.3, -0.25) is 0 Å². The average molecular weight is 237 g/mol. The van der Waals surface area contributed by atoms with E-state index in [0.29, 0.717) is 5.95 Å². The molecule has 0 fully saturated rings. The van der Waals surface area contributed by atoms with Gasteiger partial charge >= 0.3 is 0 Å². The number of benzene rings is 1. The fourth-order valence-corrected chi connectivity index (χ4v) is 1.70. The van der Waals surface area contributed by atoms with Gasteiger partial charge in [0.15, 0.2) is 0 Å². The molecule has 3 aromatic rings. The van der Waals surface area contributed by atoms with Gasteiger partial charge in [-0.1, -0.05) is 18.2 Å². The summed E-state index contributed by atoms with van der Waals surface area (Å²) in [7, 11) is 1.93. The van der Waals surface area contributed by atoms with Gasteiger partial charge in [0, 0.05) is 12.7 Å². The SMILES string of the molecule is CN(c1ccccc1)c1ncc2ncncc2n1. The largest absolute Gasteiger partial charge is 0.314 e. The maximum Gasteiger partial charge on any atom is 0.230 e. The van der Waals surface area contributed by atoms with Gasteiger partial charge in [0.05, 0.1) is 12.4 Å². The molecular weight excluding hydrogens is 226 g/mol. The number of rotatable bonds is 2. The van der Waals surface area contributed by atoms with Gasteiger partial charge in [0.2, 0.25) is 5.95 Å². The lowest BCUT2D eigenvalue weighted by Crippen LogP contribution is -2.12. The van der Waals surface area contributed by atoms with Crippen molar-refractivity contribution in [2.24, 2.45) is 0 Å². The summed E-state index contributed by atoms with van der Waals surface area (Å²) in [6.45, 7) is 0. The van der Waals surface area contributed by atoms with Crippen LogP contribution >= 0.6 is 0 Å². The smallest absolute Gasteiger partial charge is 0.230 e. The van der Waals surface area contributed by atoms with E-state index >= 15 is 0 Å². The summed E-state index contributed by atoms with van der Waals surface area (Å²) in [6, 6.07) is 9.96. The normalized spacial score (nSPS) is 10.5. The van der Waals surface area contributed by atoms with Crippen molar-refractivity contribution in [1.29, 1.82) is 0 Å². The lowest BCUT2D eigenvalue weighted by Gasteiger charge is -2.16. The maximum absolute atomic E-state index is 4.44. The second-order valence-corrected chi connectivity index (χ2v) is 3.86. The van der Waals surface area contributed by atoms with Gasteiger partial charge in [-0.05, 0) is 12.1 Å². The van der Waals surface area contributed by atoms with Crippen LogP contribution in [0.15, 0.2) is 49.1 Å². The van der Waals surface area contributed by atoms with E-state index in [1.807, 2.05) is 42.3 Å². The van der Waals surface area contributed by atoms with Crippen LogP contribution < -0.4 is 4.90 Å². The van der Waals surface area contributed by atoms with Crippen molar-refractivity contribution in [3.8, 4) is 0 Å². The minimum Gasteiger partial charge on any atom is -0.314 e. The average Bonchev–Trinajstić information content (AvgIpc) is 2.47. The number of nitrogens with zero attached hydrogens (tertiary/aromatic N) is 5. The topological polar surface area (TPSA) is 54.8 Å². The lowest BCUT2D eigenvalue weighted by molar-refractivity contribution is 1.05. The zero-order chi connectivity index (χ0) is 12.4. The third-order valence-corrected chi connectivity index (χ3v) is 2.69. The number of aromatic nitrogens is 4. The third-order valence-electron chi connectivity index (χ3n) is 2.69. The van der Waals surface area contributed by atoms with Gasteiger partial charge < -0.3 is 4.90 Å². The highest BCUT2D eigenvalue weighted by Crippen LogP contribution is 2.20. The molecule has 0 unspecified atom stereocenters. The Morgan fingerprint density at radius 3 is 2.61 bits per heavy atom. The highest BCUT2D eigenvalue weighted by atomic mass is 15.2. The lowest BCUT2D eigenvalue weighted by atomic mass is 10.3. The van der Waals surface area contributed by atoms with Crippen molar-refractivity contribution in [2.45, 2.75) is 0 Å². The number of para-hydroxylation sites is 1. The second-order valence-electron chi connectivity index (χ2n) is 3.86. The first-order valence-electron chi connectivity index (χ1n) is 5.56. The van der Waals surface area contributed by atoms with E-state index in [2.05, 4.69) is 19.9 Å². The molecular formula is C13H11N5. The third kappa shape index (κ3) is 1.86. The van der Waals surface area contributed by atoms with Gasteiger partial charge in [-0.2, -0.15) is 0 Å². The van der Waals surface area contributed by atoms with Gasteiger partial charge in [0.1, 0.15) is 17.4 Å². The number of hydrogen-bond donors (Lipinski definition) is 0. The summed E-state index contributed by atoms with van der Waals surface area (Å²) in [5.74, 6) is 0.628. The van der Waals surface area contributed by atoms with E-state index in [9.17, 15) is 0 Å². The predicted molar refractivity (Wildman–Crippen MR) is 69.6 cm³/mol. The van der Waals surface area contributed by atoms with Crippen LogP contribution in [0.4, 0.5) is 11.6 Å². The first kappa shape index (κ1) is 10.6. The molecule has 0 radical (unpaired) electrons. The summed E-state index contributed by atoms with van der Waals surface area (Å²) in [6.07, 6.45) is 4.89. The molecule has 3 rings (SSSR count). The Balaban J connectivity index is 2.04. The Bertz CT molecular complexity index is 668. The standard InChI is InChI=1S/C13H11N5/c1-18(10-5-3-2-4-6-10)13-15-8-11-12(17-13)7-14-9-16-11/h2-9H,1H3.